The molecule has 1 N–H and O–H groups in total. The van der Waals surface area contributed by atoms with Crippen LogP contribution in [0.5, 0.6) is 0 Å². The first-order valence-corrected chi connectivity index (χ1v) is 6.53. The molecule has 0 bridgehead atoms. The Morgan fingerprint density at radius 1 is 1.20 bits per heavy atom. The Labute approximate surface area is 118 Å². The fourth-order valence-corrected chi connectivity index (χ4v) is 1.75. The molecule has 0 fully saturated rings. The molecular weight excluding hydrogens is 250 g/mol. The van der Waals surface area contributed by atoms with Crippen molar-refractivity contribution in [3.8, 4) is 0 Å². The summed E-state index contributed by atoms with van der Waals surface area (Å²) in [6.07, 6.45) is 4.56. The lowest BCUT2D eigenvalue weighted by molar-refractivity contribution is -0.121. The van der Waals surface area contributed by atoms with Crippen molar-refractivity contribution in [3.05, 3.63) is 66.0 Å². The van der Waals surface area contributed by atoms with Crippen LogP contribution in [0.3, 0.4) is 0 Å². The van der Waals surface area contributed by atoms with Gasteiger partial charge in [-0.25, -0.2) is 5.43 Å². The Morgan fingerprint density at radius 3 is 2.70 bits per heavy atom. The Kier molecular flexibility index (Phi) is 5.00. The second kappa shape index (κ2) is 7.19. The summed E-state index contributed by atoms with van der Waals surface area (Å²) in [5.41, 5.74) is 5.36. The van der Waals surface area contributed by atoms with Gasteiger partial charge in [-0.05, 0) is 25.0 Å². The van der Waals surface area contributed by atoms with Gasteiger partial charge in [0.1, 0.15) is 0 Å². The summed E-state index contributed by atoms with van der Waals surface area (Å²) in [5, 5.41) is 4.08. The SMILES string of the molecule is CC(=NNC(=O)CCc1ccccc1)c1cccnc1. The number of rotatable bonds is 5. The maximum Gasteiger partial charge on any atom is 0.240 e. The molecule has 4 nitrogen and oxygen atoms in total. The summed E-state index contributed by atoms with van der Waals surface area (Å²) in [5.74, 6) is -0.0860. The maximum absolute atomic E-state index is 11.7. The van der Waals surface area contributed by atoms with Crippen molar-refractivity contribution in [2.45, 2.75) is 19.8 Å². The van der Waals surface area contributed by atoms with Crippen molar-refractivity contribution in [1.29, 1.82) is 0 Å². The number of aromatic nitrogens is 1. The third kappa shape index (κ3) is 4.31. The van der Waals surface area contributed by atoms with E-state index in [0.717, 1.165) is 16.8 Å². The summed E-state index contributed by atoms with van der Waals surface area (Å²) < 4.78 is 0. The van der Waals surface area contributed by atoms with Gasteiger partial charge in [0, 0.05) is 24.4 Å². The first-order chi connectivity index (χ1) is 9.75. The van der Waals surface area contributed by atoms with Crippen molar-refractivity contribution in [2.75, 3.05) is 0 Å². The molecule has 1 aromatic heterocycles. The average molecular weight is 267 g/mol. The number of pyridine rings is 1. The van der Waals surface area contributed by atoms with E-state index in [9.17, 15) is 4.79 Å². The molecule has 0 saturated heterocycles. The van der Waals surface area contributed by atoms with E-state index in [2.05, 4.69) is 15.5 Å². The van der Waals surface area contributed by atoms with E-state index in [1.54, 1.807) is 12.4 Å². The fourth-order valence-electron chi connectivity index (χ4n) is 1.75. The van der Waals surface area contributed by atoms with Crippen LogP contribution >= 0.6 is 0 Å². The van der Waals surface area contributed by atoms with Crippen molar-refractivity contribution in [3.63, 3.8) is 0 Å². The lowest BCUT2D eigenvalue weighted by atomic mass is 10.1. The van der Waals surface area contributed by atoms with Crippen molar-refractivity contribution in [1.82, 2.24) is 10.4 Å². The van der Waals surface area contributed by atoms with Gasteiger partial charge in [-0.15, -0.1) is 0 Å². The normalized spacial score (nSPS) is 11.2. The van der Waals surface area contributed by atoms with Gasteiger partial charge >= 0.3 is 0 Å². The van der Waals surface area contributed by atoms with Crippen LogP contribution in [0.4, 0.5) is 0 Å². The minimum atomic E-state index is -0.0860. The number of benzene rings is 1. The highest BCUT2D eigenvalue weighted by atomic mass is 16.2. The molecule has 0 aliphatic carbocycles. The second-order valence-corrected chi connectivity index (χ2v) is 4.46. The Bertz CT molecular complexity index is 579. The van der Waals surface area contributed by atoms with Gasteiger partial charge in [0.15, 0.2) is 0 Å². The summed E-state index contributed by atoms with van der Waals surface area (Å²) in [7, 11) is 0. The Balaban J connectivity index is 1.83. The zero-order chi connectivity index (χ0) is 14.2. The molecule has 2 rings (SSSR count). The van der Waals surface area contributed by atoms with E-state index in [-0.39, 0.29) is 5.91 Å². The van der Waals surface area contributed by atoms with E-state index in [0.29, 0.717) is 12.8 Å². The van der Waals surface area contributed by atoms with Crippen LogP contribution in [-0.2, 0) is 11.2 Å². The molecule has 1 aromatic carbocycles. The molecule has 0 spiro atoms. The summed E-state index contributed by atoms with van der Waals surface area (Å²) in [4.78, 5) is 15.7. The van der Waals surface area contributed by atoms with Crippen molar-refractivity contribution < 1.29 is 4.79 Å². The number of aryl methyl sites for hydroxylation is 1. The molecule has 0 aliphatic heterocycles. The molecular formula is C16H17N3O. The molecule has 2 aromatic rings. The van der Waals surface area contributed by atoms with E-state index in [1.807, 2.05) is 49.4 Å². The Hall–Kier alpha value is -2.49. The molecule has 0 unspecified atom stereocenters. The predicted octanol–water partition coefficient (Wildman–Crippen LogP) is 2.55. The minimum Gasteiger partial charge on any atom is -0.273 e. The predicted molar refractivity (Wildman–Crippen MR) is 79.4 cm³/mol. The number of nitrogens with zero attached hydrogens (tertiary/aromatic N) is 2. The number of hydrogen-bond acceptors (Lipinski definition) is 3. The number of nitrogens with one attached hydrogen (secondary N) is 1. The van der Waals surface area contributed by atoms with Gasteiger partial charge in [-0.2, -0.15) is 5.10 Å². The first-order valence-electron chi connectivity index (χ1n) is 6.53. The highest BCUT2D eigenvalue weighted by Gasteiger charge is 2.02. The van der Waals surface area contributed by atoms with Crippen LogP contribution < -0.4 is 5.43 Å². The molecule has 0 aliphatic rings. The molecule has 0 saturated carbocycles. The van der Waals surface area contributed by atoms with Crippen LogP contribution in [0, 0.1) is 0 Å². The lowest BCUT2D eigenvalue weighted by Crippen LogP contribution is -2.19. The second-order valence-electron chi connectivity index (χ2n) is 4.46. The maximum atomic E-state index is 11.7. The molecule has 0 radical (unpaired) electrons. The van der Waals surface area contributed by atoms with Crippen LogP contribution in [-0.4, -0.2) is 16.6 Å². The Morgan fingerprint density at radius 2 is 2.00 bits per heavy atom. The number of carbonyl (C=O) groups excluding carboxylic acids is 1. The van der Waals surface area contributed by atoms with Crippen molar-refractivity contribution in [2.24, 2.45) is 5.10 Å². The molecule has 4 heteroatoms. The quantitative estimate of drug-likeness (QED) is 0.668. The molecule has 102 valence electrons. The number of carbonyl (C=O) groups is 1. The number of amides is 1. The first kappa shape index (κ1) is 13.9. The monoisotopic (exact) mass is 267 g/mol. The molecule has 20 heavy (non-hydrogen) atoms. The van der Waals surface area contributed by atoms with Crippen LogP contribution in [0.15, 0.2) is 60.0 Å². The van der Waals surface area contributed by atoms with Crippen LogP contribution in [0.1, 0.15) is 24.5 Å². The van der Waals surface area contributed by atoms with Gasteiger partial charge in [0.05, 0.1) is 5.71 Å². The van der Waals surface area contributed by atoms with E-state index in [1.165, 1.54) is 0 Å². The largest absolute Gasteiger partial charge is 0.273 e. The van der Waals surface area contributed by atoms with Crippen LogP contribution in [0.2, 0.25) is 0 Å². The molecule has 1 heterocycles. The van der Waals surface area contributed by atoms with Gasteiger partial charge in [-0.1, -0.05) is 36.4 Å². The van der Waals surface area contributed by atoms with Crippen molar-refractivity contribution >= 4 is 11.6 Å². The molecule has 0 atom stereocenters. The third-order valence-corrected chi connectivity index (χ3v) is 2.91. The van der Waals surface area contributed by atoms with Gasteiger partial charge < -0.3 is 0 Å². The standard InChI is InChI=1S/C16H17N3O/c1-13(15-8-5-11-17-12-15)18-19-16(20)10-9-14-6-3-2-4-7-14/h2-8,11-12H,9-10H2,1H3,(H,19,20). The van der Waals surface area contributed by atoms with E-state index < -0.39 is 0 Å². The van der Waals surface area contributed by atoms with E-state index >= 15 is 0 Å². The number of hydrazone groups is 1. The zero-order valence-corrected chi connectivity index (χ0v) is 11.4. The van der Waals surface area contributed by atoms with Gasteiger partial charge in [0.2, 0.25) is 5.91 Å². The summed E-state index contributed by atoms with van der Waals surface area (Å²) in [6, 6.07) is 13.7. The zero-order valence-electron chi connectivity index (χ0n) is 11.4. The number of hydrogen-bond donors (Lipinski definition) is 1. The molecule has 1 amide bonds. The minimum absolute atomic E-state index is 0.0860. The lowest BCUT2D eigenvalue weighted by Gasteiger charge is -2.03. The average Bonchev–Trinajstić information content (AvgIpc) is 2.52. The highest BCUT2D eigenvalue weighted by molar-refractivity contribution is 5.98. The summed E-state index contributed by atoms with van der Waals surface area (Å²) >= 11 is 0. The summed E-state index contributed by atoms with van der Waals surface area (Å²) in [6.45, 7) is 1.84. The van der Waals surface area contributed by atoms with E-state index in [4.69, 9.17) is 0 Å². The fraction of sp³-hybridized carbons (Fsp3) is 0.188. The smallest absolute Gasteiger partial charge is 0.240 e. The van der Waals surface area contributed by atoms with Gasteiger partial charge in [-0.3, -0.25) is 9.78 Å². The van der Waals surface area contributed by atoms with Crippen LogP contribution in [0.25, 0.3) is 0 Å². The van der Waals surface area contributed by atoms with Gasteiger partial charge in [0.25, 0.3) is 0 Å². The highest BCUT2D eigenvalue weighted by Crippen LogP contribution is 2.02. The third-order valence-electron chi connectivity index (χ3n) is 2.91. The topological polar surface area (TPSA) is 54.4 Å².